The van der Waals surface area contributed by atoms with Gasteiger partial charge >= 0.3 is 5.97 Å². The van der Waals surface area contributed by atoms with Gasteiger partial charge in [-0.2, -0.15) is 0 Å². The number of carbonyl (C=O) groups excluding carboxylic acids is 3. The van der Waals surface area contributed by atoms with Crippen LogP contribution in [-0.4, -0.2) is 64.7 Å². The van der Waals surface area contributed by atoms with E-state index in [2.05, 4.69) is 16.0 Å². The fourth-order valence-corrected chi connectivity index (χ4v) is 1.61. The lowest BCUT2D eigenvalue weighted by molar-refractivity contribution is -0.144. The molecule has 0 aliphatic carbocycles. The number of nitrogens with two attached hydrogens (primary N) is 1. The molecule has 10 heteroatoms. The first-order valence-corrected chi connectivity index (χ1v) is 7.51. The van der Waals surface area contributed by atoms with Crippen molar-refractivity contribution in [2.24, 2.45) is 11.7 Å². The molecular weight excluding hydrogens is 320 g/mol. The smallest absolute Gasteiger partial charge is 0.328 e. The van der Waals surface area contributed by atoms with Crippen LogP contribution in [0.1, 0.15) is 27.7 Å². The minimum atomic E-state index is -1.48. The maximum Gasteiger partial charge on any atom is 0.328 e. The predicted molar refractivity (Wildman–Crippen MR) is 84.7 cm³/mol. The van der Waals surface area contributed by atoms with Crippen LogP contribution >= 0.6 is 0 Å². The standard InChI is InChI=1S/C14H26N4O6/c1-6(2)10(15)13(22)17-7(3)12(21)16-5-9(20)18-11(8(4)19)14(23)24/h6-8,10-11,19H,5,15H2,1-4H3,(H,16,21)(H,17,22)(H,18,20)(H,23,24). The molecule has 4 atom stereocenters. The predicted octanol–water partition coefficient (Wildman–Crippen LogP) is -2.46. The van der Waals surface area contributed by atoms with Crippen molar-refractivity contribution in [3.05, 3.63) is 0 Å². The molecule has 0 fully saturated rings. The number of carbonyl (C=O) groups is 4. The Balaban J connectivity index is 4.40. The first-order valence-electron chi connectivity index (χ1n) is 7.51. The van der Waals surface area contributed by atoms with Crippen LogP contribution in [0, 0.1) is 5.92 Å². The van der Waals surface area contributed by atoms with Crippen LogP contribution in [0.25, 0.3) is 0 Å². The highest BCUT2D eigenvalue weighted by Crippen LogP contribution is 1.98. The third-order valence-electron chi connectivity index (χ3n) is 3.26. The Labute approximate surface area is 140 Å². The molecule has 0 radical (unpaired) electrons. The highest BCUT2D eigenvalue weighted by molar-refractivity contribution is 5.92. The van der Waals surface area contributed by atoms with Gasteiger partial charge in [0.2, 0.25) is 17.7 Å². The van der Waals surface area contributed by atoms with Crippen molar-refractivity contribution in [3.63, 3.8) is 0 Å². The Bertz CT molecular complexity index is 480. The summed E-state index contributed by atoms with van der Waals surface area (Å²) in [6, 6.07) is -3.15. The summed E-state index contributed by atoms with van der Waals surface area (Å²) in [5, 5.41) is 24.8. The van der Waals surface area contributed by atoms with Gasteiger partial charge in [-0.15, -0.1) is 0 Å². The number of aliphatic hydroxyl groups is 1. The maximum absolute atomic E-state index is 11.8. The van der Waals surface area contributed by atoms with E-state index in [-0.39, 0.29) is 5.92 Å². The fraction of sp³-hybridized carbons (Fsp3) is 0.714. The Morgan fingerprint density at radius 2 is 1.54 bits per heavy atom. The van der Waals surface area contributed by atoms with Crippen molar-refractivity contribution in [3.8, 4) is 0 Å². The number of aliphatic hydroxyl groups excluding tert-OH is 1. The van der Waals surface area contributed by atoms with Gasteiger partial charge in [0.25, 0.3) is 0 Å². The van der Waals surface area contributed by atoms with E-state index in [4.69, 9.17) is 10.8 Å². The van der Waals surface area contributed by atoms with Crippen molar-refractivity contribution in [2.75, 3.05) is 6.54 Å². The minimum absolute atomic E-state index is 0.0977. The molecule has 0 spiro atoms. The first-order chi connectivity index (χ1) is 11.0. The van der Waals surface area contributed by atoms with Gasteiger partial charge < -0.3 is 31.9 Å². The SMILES string of the molecule is CC(NC(=O)C(N)C(C)C)C(=O)NCC(=O)NC(C(=O)O)C(C)O. The summed E-state index contributed by atoms with van der Waals surface area (Å²) < 4.78 is 0. The monoisotopic (exact) mass is 346 g/mol. The summed E-state index contributed by atoms with van der Waals surface area (Å²) in [4.78, 5) is 46.0. The molecule has 138 valence electrons. The third kappa shape index (κ3) is 7.38. The number of nitrogens with one attached hydrogen (secondary N) is 3. The Kier molecular flexibility index (Phi) is 8.93. The molecule has 0 rings (SSSR count). The molecule has 10 nitrogen and oxygen atoms in total. The van der Waals surface area contributed by atoms with E-state index in [0.717, 1.165) is 0 Å². The number of rotatable bonds is 9. The van der Waals surface area contributed by atoms with Crippen LogP contribution in [0.5, 0.6) is 0 Å². The van der Waals surface area contributed by atoms with Gasteiger partial charge in [-0.25, -0.2) is 4.79 Å². The van der Waals surface area contributed by atoms with Crippen LogP contribution in [-0.2, 0) is 19.2 Å². The number of carboxylic acid groups (broad SMARTS) is 1. The number of amides is 3. The van der Waals surface area contributed by atoms with E-state index in [1.54, 1.807) is 13.8 Å². The number of carboxylic acids is 1. The quantitative estimate of drug-likeness (QED) is 0.269. The highest BCUT2D eigenvalue weighted by Gasteiger charge is 2.26. The Morgan fingerprint density at radius 3 is 1.96 bits per heavy atom. The van der Waals surface area contributed by atoms with Crippen LogP contribution in [0.3, 0.4) is 0 Å². The van der Waals surface area contributed by atoms with Gasteiger partial charge in [0.15, 0.2) is 6.04 Å². The first kappa shape index (κ1) is 21.8. The Morgan fingerprint density at radius 1 is 1.00 bits per heavy atom. The average Bonchev–Trinajstić information content (AvgIpc) is 2.48. The van der Waals surface area contributed by atoms with Gasteiger partial charge in [0.1, 0.15) is 6.04 Å². The second-order valence-corrected chi connectivity index (χ2v) is 5.84. The third-order valence-corrected chi connectivity index (χ3v) is 3.26. The summed E-state index contributed by atoms with van der Waals surface area (Å²) in [5.41, 5.74) is 5.65. The normalized spacial score (nSPS) is 15.8. The second-order valence-electron chi connectivity index (χ2n) is 5.84. The average molecular weight is 346 g/mol. The van der Waals surface area contributed by atoms with E-state index in [9.17, 15) is 24.3 Å². The van der Waals surface area contributed by atoms with Crippen molar-refractivity contribution in [1.29, 1.82) is 0 Å². The zero-order valence-corrected chi connectivity index (χ0v) is 14.2. The van der Waals surface area contributed by atoms with Crippen molar-refractivity contribution < 1.29 is 29.4 Å². The summed E-state index contributed by atoms with van der Waals surface area (Å²) in [5.74, 6) is -3.39. The van der Waals surface area contributed by atoms with Crippen molar-refractivity contribution in [1.82, 2.24) is 16.0 Å². The van der Waals surface area contributed by atoms with E-state index in [0.29, 0.717) is 0 Å². The number of aliphatic carboxylic acids is 1. The zero-order valence-electron chi connectivity index (χ0n) is 14.2. The van der Waals surface area contributed by atoms with Crippen LogP contribution in [0.2, 0.25) is 0 Å². The largest absolute Gasteiger partial charge is 0.480 e. The molecule has 0 aliphatic heterocycles. The zero-order chi connectivity index (χ0) is 19.0. The number of hydrogen-bond acceptors (Lipinski definition) is 6. The molecule has 3 amide bonds. The van der Waals surface area contributed by atoms with E-state index >= 15 is 0 Å². The summed E-state index contributed by atoms with van der Waals surface area (Å²) in [7, 11) is 0. The molecule has 4 unspecified atom stereocenters. The number of hydrogen-bond donors (Lipinski definition) is 6. The minimum Gasteiger partial charge on any atom is -0.480 e. The summed E-state index contributed by atoms with van der Waals surface area (Å²) >= 11 is 0. The van der Waals surface area contributed by atoms with E-state index in [1.807, 2.05) is 0 Å². The molecule has 7 N–H and O–H groups in total. The highest BCUT2D eigenvalue weighted by atomic mass is 16.4. The molecule has 0 aromatic heterocycles. The van der Waals surface area contributed by atoms with Gasteiger partial charge in [-0.05, 0) is 19.8 Å². The van der Waals surface area contributed by atoms with E-state index < -0.39 is 54.5 Å². The molecular formula is C14H26N4O6. The second kappa shape index (κ2) is 9.83. The molecule has 0 aromatic carbocycles. The topological polar surface area (TPSA) is 171 Å². The summed E-state index contributed by atoms with van der Waals surface area (Å²) in [6.45, 7) is 5.67. The molecule has 0 heterocycles. The van der Waals surface area contributed by atoms with Crippen molar-refractivity contribution >= 4 is 23.7 Å². The molecule has 0 aromatic rings. The lowest BCUT2D eigenvalue weighted by Gasteiger charge is -2.20. The molecule has 0 bridgehead atoms. The fourth-order valence-electron chi connectivity index (χ4n) is 1.61. The van der Waals surface area contributed by atoms with Gasteiger partial charge in [-0.1, -0.05) is 13.8 Å². The van der Waals surface area contributed by atoms with Crippen LogP contribution in [0.4, 0.5) is 0 Å². The molecule has 0 saturated carbocycles. The van der Waals surface area contributed by atoms with Crippen LogP contribution in [0.15, 0.2) is 0 Å². The Hall–Kier alpha value is -2.20. The summed E-state index contributed by atoms with van der Waals surface area (Å²) in [6.07, 6.45) is -1.29. The maximum atomic E-state index is 11.8. The van der Waals surface area contributed by atoms with Gasteiger partial charge in [-0.3, -0.25) is 14.4 Å². The molecule has 24 heavy (non-hydrogen) atoms. The lowest BCUT2D eigenvalue weighted by atomic mass is 10.0. The van der Waals surface area contributed by atoms with Crippen molar-refractivity contribution in [2.45, 2.75) is 51.9 Å². The van der Waals surface area contributed by atoms with E-state index in [1.165, 1.54) is 13.8 Å². The lowest BCUT2D eigenvalue weighted by Crippen LogP contribution is -2.54. The molecule has 0 aliphatic rings. The van der Waals surface area contributed by atoms with Crippen LogP contribution < -0.4 is 21.7 Å². The van der Waals surface area contributed by atoms with Gasteiger partial charge in [0, 0.05) is 0 Å². The van der Waals surface area contributed by atoms with Gasteiger partial charge in [0.05, 0.1) is 18.7 Å². The molecule has 0 saturated heterocycles.